The van der Waals surface area contributed by atoms with E-state index in [-0.39, 0.29) is 6.10 Å². The van der Waals surface area contributed by atoms with Crippen LogP contribution < -0.4 is 0 Å². The Labute approximate surface area is 138 Å². The van der Waals surface area contributed by atoms with Crippen LogP contribution in [0.4, 0.5) is 0 Å². The van der Waals surface area contributed by atoms with Crippen LogP contribution in [0.25, 0.3) is 10.6 Å². The van der Waals surface area contributed by atoms with E-state index in [0.717, 1.165) is 31.0 Å². The molecule has 3 aromatic heterocycles. The standard InChI is InChI=1S/C16H17N5OS/c1-2-15(23-7-1)16-12(8-19-20-16)10-21-5-6-22-14(11-21)13-9-17-3-4-18-13/h1-4,7-9,14H,5-6,10-11H2,(H,19,20)/t14-/m1/s1. The number of thiophene rings is 1. The molecule has 4 rings (SSSR count). The van der Waals surface area contributed by atoms with Crippen molar-refractivity contribution in [1.82, 2.24) is 25.1 Å². The molecular weight excluding hydrogens is 310 g/mol. The molecule has 0 radical (unpaired) electrons. The number of aromatic amines is 1. The maximum atomic E-state index is 5.85. The van der Waals surface area contributed by atoms with E-state index in [0.29, 0.717) is 6.61 Å². The Bertz CT molecular complexity index is 743. The minimum atomic E-state index is -0.0189. The van der Waals surface area contributed by atoms with Crippen molar-refractivity contribution in [3.63, 3.8) is 0 Å². The monoisotopic (exact) mass is 327 g/mol. The van der Waals surface area contributed by atoms with Crippen molar-refractivity contribution in [3.8, 4) is 10.6 Å². The molecule has 0 amide bonds. The molecule has 1 N–H and O–H groups in total. The van der Waals surface area contributed by atoms with E-state index in [1.165, 1.54) is 10.4 Å². The summed E-state index contributed by atoms with van der Waals surface area (Å²) in [7, 11) is 0. The summed E-state index contributed by atoms with van der Waals surface area (Å²) in [5.74, 6) is 0. The van der Waals surface area contributed by atoms with Gasteiger partial charge in [-0.15, -0.1) is 11.3 Å². The van der Waals surface area contributed by atoms with Crippen molar-refractivity contribution in [3.05, 3.63) is 53.6 Å². The zero-order chi connectivity index (χ0) is 15.5. The zero-order valence-electron chi connectivity index (χ0n) is 12.6. The second-order valence-corrected chi connectivity index (χ2v) is 6.42. The number of aromatic nitrogens is 4. The van der Waals surface area contributed by atoms with Gasteiger partial charge in [0.05, 0.1) is 35.3 Å². The Morgan fingerprint density at radius 2 is 2.35 bits per heavy atom. The second-order valence-electron chi connectivity index (χ2n) is 5.47. The highest BCUT2D eigenvalue weighted by Crippen LogP contribution is 2.28. The lowest BCUT2D eigenvalue weighted by Gasteiger charge is -2.32. The highest BCUT2D eigenvalue weighted by Gasteiger charge is 2.24. The van der Waals surface area contributed by atoms with Crippen molar-refractivity contribution in [1.29, 1.82) is 0 Å². The van der Waals surface area contributed by atoms with Gasteiger partial charge in [0.1, 0.15) is 6.10 Å². The highest BCUT2D eigenvalue weighted by atomic mass is 32.1. The molecule has 1 saturated heterocycles. The second kappa shape index (κ2) is 6.57. The molecule has 3 aromatic rings. The Balaban J connectivity index is 1.48. The number of morpholine rings is 1. The summed E-state index contributed by atoms with van der Waals surface area (Å²) in [6.07, 6.45) is 7.07. The molecule has 118 valence electrons. The predicted molar refractivity (Wildman–Crippen MR) is 87.9 cm³/mol. The lowest BCUT2D eigenvalue weighted by Crippen LogP contribution is -2.38. The Morgan fingerprint density at radius 1 is 1.35 bits per heavy atom. The van der Waals surface area contributed by atoms with E-state index >= 15 is 0 Å². The first kappa shape index (κ1) is 14.5. The van der Waals surface area contributed by atoms with Gasteiger partial charge in [-0.05, 0) is 11.4 Å². The Hall–Kier alpha value is -2.09. The number of hydrogen-bond acceptors (Lipinski definition) is 6. The number of H-pyrrole nitrogens is 1. The molecule has 0 unspecified atom stereocenters. The van der Waals surface area contributed by atoms with Crippen molar-refractivity contribution in [2.45, 2.75) is 12.6 Å². The van der Waals surface area contributed by atoms with Crippen LogP contribution in [-0.2, 0) is 11.3 Å². The fourth-order valence-corrected chi connectivity index (χ4v) is 3.56. The molecule has 1 aliphatic rings. The third-order valence-electron chi connectivity index (χ3n) is 3.94. The first-order chi connectivity index (χ1) is 11.4. The Morgan fingerprint density at radius 3 is 3.17 bits per heavy atom. The molecule has 23 heavy (non-hydrogen) atoms. The van der Waals surface area contributed by atoms with Crippen molar-refractivity contribution < 1.29 is 4.74 Å². The van der Waals surface area contributed by atoms with Crippen molar-refractivity contribution in [2.75, 3.05) is 19.7 Å². The van der Waals surface area contributed by atoms with Crippen molar-refractivity contribution >= 4 is 11.3 Å². The minimum absolute atomic E-state index is 0.0189. The normalized spacial score (nSPS) is 19.0. The lowest BCUT2D eigenvalue weighted by molar-refractivity contribution is -0.0351. The SMILES string of the molecule is c1csc(-c2[nH]ncc2CN2CCO[C@@H](c3cnccn3)C2)c1. The third-order valence-corrected chi connectivity index (χ3v) is 4.83. The lowest BCUT2D eigenvalue weighted by atomic mass is 10.1. The van der Waals surface area contributed by atoms with Crippen LogP contribution in [-0.4, -0.2) is 44.8 Å². The number of nitrogens with zero attached hydrogens (tertiary/aromatic N) is 4. The van der Waals surface area contributed by atoms with Gasteiger partial charge in [0.25, 0.3) is 0 Å². The molecule has 1 fully saturated rings. The van der Waals surface area contributed by atoms with Crippen LogP contribution >= 0.6 is 11.3 Å². The smallest absolute Gasteiger partial charge is 0.114 e. The van der Waals surface area contributed by atoms with Gasteiger partial charge in [-0.3, -0.25) is 20.0 Å². The number of nitrogens with one attached hydrogen (secondary N) is 1. The van der Waals surface area contributed by atoms with E-state index in [1.54, 1.807) is 29.9 Å². The summed E-state index contributed by atoms with van der Waals surface area (Å²) in [6, 6.07) is 4.17. The molecule has 7 heteroatoms. The predicted octanol–water partition coefficient (Wildman–Crippen LogP) is 2.50. The van der Waals surface area contributed by atoms with Crippen LogP contribution in [0.3, 0.4) is 0 Å². The summed E-state index contributed by atoms with van der Waals surface area (Å²) in [5, 5.41) is 9.43. The maximum absolute atomic E-state index is 5.85. The van der Waals surface area contributed by atoms with Crippen LogP contribution in [0.15, 0.2) is 42.3 Å². The summed E-state index contributed by atoms with van der Waals surface area (Å²) < 4.78 is 5.85. The van der Waals surface area contributed by atoms with Gasteiger partial charge in [0.2, 0.25) is 0 Å². The van der Waals surface area contributed by atoms with E-state index < -0.39 is 0 Å². The van der Waals surface area contributed by atoms with Crippen LogP contribution in [0.1, 0.15) is 17.4 Å². The Kier molecular flexibility index (Phi) is 4.14. The average molecular weight is 327 g/mol. The average Bonchev–Trinajstić information content (AvgIpc) is 3.27. The van der Waals surface area contributed by atoms with Gasteiger partial charge in [0, 0.05) is 37.6 Å². The molecule has 0 aromatic carbocycles. The molecule has 0 aliphatic carbocycles. The minimum Gasteiger partial charge on any atom is -0.369 e. The summed E-state index contributed by atoms with van der Waals surface area (Å²) in [5.41, 5.74) is 3.22. The fraction of sp³-hybridized carbons (Fsp3) is 0.312. The summed E-state index contributed by atoms with van der Waals surface area (Å²) in [6.45, 7) is 3.27. The van der Waals surface area contributed by atoms with Crippen molar-refractivity contribution in [2.24, 2.45) is 0 Å². The third kappa shape index (κ3) is 3.17. The number of ether oxygens (including phenoxy) is 1. The first-order valence-corrected chi connectivity index (χ1v) is 8.44. The van der Waals surface area contributed by atoms with Gasteiger partial charge in [-0.1, -0.05) is 6.07 Å². The molecule has 0 bridgehead atoms. The van der Waals surface area contributed by atoms with E-state index in [2.05, 4.69) is 42.6 Å². The van der Waals surface area contributed by atoms with E-state index in [4.69, 9.17) is 4.74 Å². The molecule has 6 nitrogen and oxygen atoms in total. The number of hydrogen-bond donors (Lipinski definition) is 1. The first-order valence-electron chi connectivity index (χ1n) is 7.56. The molecular formula is C16H17N5OS. The quantitative estimate of drug-likeness (QED) is 0.797. The van der Waals surface area contributed by atoms with Gasteiger partial charge in [0.15, 0.2) is 0 Å². The van der Waals surface area contributed by atoms with Gasteiger partial charge in [-0.25, -0.2) is 0 Å². The molecule has 4 heterocycles. The molecule has 1 atom stereocenters. The zero-order valence-corrected chi connectivity index (χ0v) is 13.4. The molecule has 0 spiro atoms. The van der Waals surface area contributed by atoms with Gasteiger partial charge in [-0.2, -0.15) is 5.10 Å². The largest absolute Gasteiger partial charge is 0.369 e. The number of rotatable bonds is 4. The summed E-state index contributed by atoms with van der Waals surface area (Å²) >= 11 is 1.72. The van der Waals surface area contributed by atoms with Gasteiger partial charge >= 0.3 is 0 Å². The van der Waals surface area contributed by atoms with Crippen LogP contribution in [0.2, 0.25) is 0 Å². The molecule has 1 aliphatic heterocycles. The van der Waals surface area contributed by atoms with E-state index in [9.17, 15) is 0 Å². The van der Waals surface area contributed by atoms with Crippen LogP contribution in [0, 0.1) is 0 Å². The molecule has 0 saturated carbocycles. The van der Waals surface area contributed by atoms with Gasteiger partial charge < -0.3 is 4.74 Å². The topological polar surface area (TPSA) is 66.9 Å². The van der Waals surface area contributed by atoms with Crippen LogP contribution in [0.5, 0.6) is 0 Å². The summed E-state index contributed by atoms with van der Waals surface area (Å²) in [4.78, 5) is 12.1. The van der Waals surface area contributed by atoms with E-state index in [1.807, 2.05) is 6.20 Å². The highest BCUT2D eigenvalue weighted by molar-refractivity contribution is 7.13. The fourth-order valence-electron chi connectivity index (χ4n) is 2.81. The maximum Gasteiger partial charge on any atom is 0.114 e.